The van der Waals surface area contributed by atoms with Crippen LogP contribution in [-0.4, -0.2) is 85.0 Å². The fourth-order valence-electron chi connectivity index (χ4n) is 6.56. The molecule has 2 aromatic heterocycles. The van der Waals surface area contributed by atoms with Crippen molar-refractivity contribution in [3.05, 3.63) is 77.0 Å². The van der Waals surface area contributed by atoms with E-state index in [-0.39, 0.29) is 47.4 Å². The first-order valence-electron chi connectivity index (χ1n) is 17.6. The van der Waals surface area contributed by atoms with Gasteiger partial charge in [-0.2, -0.15) is 5.10 Å². The number of furan rings is 1. The van der Waals surface area contributed by atoms with Gasteiger partial charge in [0.05, 0.1) is 47.6 Å². The molecule has 4 heterocycles. The highest BCUT2D eigenvalue weighted by molar-refractivity contribution is 5.96. The monoisotopic (exact) mass is 698 g/mol. The van der Waals surface area contributed by atoms with Crippen molar-refractivity contribution in [1.29, 1.82) is 0 Å². The zero-order valence-corrected chi connectivity index (χ0v) is 30.1. The zero-order valence-electron chi connectivity index (χ0n) is 30.1. The summed E-state index contributed by atoms with van der Waals surface area (Å²) in [4.78, 5) is 43.0. The SMILES string of the molecule is CCC1c2c(cnn2C2CN(Cc3ccc(C=O)o3)C2)-c2cccc(NC(/C=C(\N)NC(=O)C3CC3)=C(/N)C(=O)NC3CC3)c2N1C.CN(C)C. The van der Waals surface area contributed by atoms with Gasteiger partial charge >= 0.3 is 0 Å². The van der Waals surface area contributed by atoms with E-state index in [1.165, 1.54) is 6.08 Å². The lowest BCUT2D eigenvalue weighted by Gasteiger charge is -2.42. The summed E-state index contributed by atoms with van der Waals surface area (Å²) in [7, 11) is 8.07. The normalized spacial score (nSPS) is 19.2. The van der Waals surface area contributed by atoms with Crippen molar-refractivity contribution < 1.29 is 18.8 Å². The Morgan fingerprint density at radius 1 is 1.06 bits per heavy atom. The minimum atomic E-state index is -0.383. The van der Waals surface area contributed by atoms with E-state index < -0.39 is 0 Å². The summed E-state index contributed by atoms with van der Waals surface area (Å²) in [5, 5.41) is 14.0. The van der Waals surface area contributed by atoms with Crippen LogP contribution in [0.2, 0.25) is 0 Å². The molecule has 7 rings (SSSR count). The third-order valence-corrected chi connectivity index (χ3v) is 9.38. The predicted molar refractivity (Wildman–Crippen MR) is 196 cm³/mol. The first kappa shape index (κ1) is 35.7. The molecule has 2 aliphatic carbocycles. The number of nitrogens with two attached hydrogens (primary N) is 2. The smallest absolute Gasteiger partial charge is 0.269 e. The number of allylic oxidation sites excluding steroid dienone is 1. The van der Waals surface area contributed by atoms with Crippen LogP contribution < -0.4 is 32.3 Å². The van der Waals surface area contributed by atoms with Crippen LogP contribution in [0.3, 0.4) is 0 Å². The minimum Gasteiger partial charge on any atom is -0.457 e. The molecule has 2 saturated carbocycles. The third-order valence-electron chi connectivity index (χ3n) is 9.38. The molecule has 272 valence electrons. The van der Waals surface area contributed by atoms with E-state index in [1.807, 2.05) is 50.4 Å². The summed E-state index contributed by atoms with van der Waals surface area (Å²) in [5.74, 6) is 0.690. The van der Waals surface area contributed by atoms with Crippen molar-refractivity contribution in [2.75, 3.05) is 51.5 Å². The Bertz CT molecular complexity index is 1820. The standard InChI is InChI=1S/C34H41N9O4.C3H9N/c1-3-28-32-25(14-37-43(32)21-15-42(16-21)17-22-11-12-23(18-44)47-22)24-5-4-6-26(31(24)41(28)2)39-27(30(36)34(46)38-20-9-10-20)13-29(35)40-33(45)19-7-8-19;1-4(2)3/h4-6,11-14,18-21,28,39H,3,7-10,15-17,35-36H2,1-2H3,(H,38,46)(H,40,45);1-3H3/b29-13+,30-27+;. The molecular formula is C37H50N10O4. The van der Waals surface area contributed by atoms with Gasteiger partial charge in [0.25, 0.3) is 5.91 Å². The molecule has 1 saturated heterocycles. The molecule has 2 amide bonds. The quantitative estimate of drug-likeness (QED) is 0.106. The lowest BCUT2D eigenvalue weighted by atomic mass is 9.91. The van der Waals surface area contributed by atoms with Crippen LogP contribution in [-0.2, 0) is 16.1 Å². The van der Waals surface area contributed by atoms with Crippen LogP contribution >= 0.6 is 0 Å². The Kier molecular flexibility index (Phi) is 10.5. The molecule has 1 unspecified atom stereocenters. The molecule has 7 N–H and O–H groups in total. The number of rotatable bonds is 12. The van der Waals surface area contributed by atoms with Gasteiger partial charge in [-0.15, -0.1) is 0 Å². The van der Waals surface area contributed by atoms with Crippen molar-refractivity contribution in [1.82, 2.24) is 30.2 Å². The predicted octanol–water partition coefficient (Wildman–Crippen LogP) is 3.28. The van der Waals surface area contributed by atoms with Gasteiger partial charge in [0.2, 0.25) is 5.91 Å². The molecule has 2 aliphatic heterocycles. The summed E-state index contributed by atoms with van der Waals surface area (Å²) in [5.41, 5.74) is 17.9. The van der Waals surface area contributed by atoms with E-state index >= 15 is 0 Å². The molecule has 4 aliphatic rings. The van der Waals surface area contributed by atoms with E-state index in [9.17, 15) is 14.4 Å². The topological polar surface area (TPSA) is 180 Å². The molecule has 3 aromatic rings. The van der Waals surface area contributed by atoms with E-state index in [4.69, 9.17) is 21.0 Å². The molecule has 51 heavy (non-hydrogen) atoms. The van der Waals surface area contributed by atoms with Crippen molar-refractivity contribution in [2.45, 2.75) is 63.7 Å². The van der Waals surface area contributed by atoms with Gasteiger partial charge < -0.3 is 41.6 Å². The Morgan fingerprint density at radius 3 is 2.41 bits per heavy atom. The molecule has 1 atom stereocenters. The number of anilines is 2. The van der Waals surface area contributed by atoms with Crippen LogP contribution in [0.1, 0.15) is 73.1 Å². The number of fused-ring (bicyclic) bond motifs is 3. The second-order valence-electron chi connectivity index (χ2n) is 14.3. The van der Waals surface area contributed by atoms with Gasteiger partial charge in [-0.05, 0) is 71.4 Å². The van der Waals surface area contributed by atoms with Gasteiger partial charge in [0.1, 0.15) is 17.3 Å². The van der Waals surface area contributed by atoms with Gasteiger partial charge in [-0.25, -0.2) is 0 Å². The van der Waals surface area contributed by atoms with Crippen molar-refractivity contribution in [2.24, 2.45) is 17.4 Å². The van der Waals surface area contributed by atoms with Crippen molar-refractivity contribution in [3.63, 3.8) is 0 Å². The lowest BCUT2D eigenvalue weighted by Crippen LogP contribution is -2.48. The second-order valence-corrected chi connectivity index (χ2v) is 14.3. The number of carbonyl (C=O) groups excluding carboxylic acids is 3. The fraction of sp³-hybridized carbons (Fsp3) is 0.459. The zero-order chi connectivity index (χ0) is 36.4. The number of nitrogens with one attached hydrogen (secondary N) is 3. The highest BCUT2D eigenvalue weighted by atomic mass is 16.3. The van der Waals surface area contributed by atoms with Gasteiger partial charge in [0, 0.05) is 49.3 Å². The molecule has 0 bridgehead atoms. The largest absolute Gasteiger partial charge is 0.457 e. The molecular weight excluding hydrogens is 648 g/mol. The molecule has 0 spiro atoms. The summed E-state index contributed by atoms with van der Waals surface area (Å²) in [6, 6.07) is 9.91. The Balaban J connectivity index is 0.00000107. The number of aldehydes is 1. The van der Waals surface area contributed by atoms with E-state index in [2.05, 4.69) is 50.5 Å². The third kappa shape index (κ3) is 8.12. The minimum absolute atomic E-state index is 0.0106. The summed E-state index contributed by atoms with van der Waals surface area (Å²) < 4.78 is 7.73. The number of hydrogen-bond donors (Lipinski definition) is 5. The number of aromatic nitrogens is 2. The van der Waals surface area contributed by atoms with E-state index in [1.54, 1.807) is 6.07 Å². The highest BCUT2D eigenvalue weighted by Gasteiger charge is 2.38. The van der Waals surface area contributed by atoms with Crippen molar-refractivity contribution in [3.8, 4) is 11.1 Å². The number of nitrogens with zero attached hydrogens (tertiary/aromatic N) is 5. The second kappa shape index (κ2) is 15.0. The number of carbonyl (C=O) groups is 3. The average molecular weight is 699 g/mol. The lowest BCUT2D eigenvalue weighted by molar-refractivity contribution is -0.121. The number of amides is 2. The van der Waals surface area contributed by atoms with Crippen molar-refractivity contribution >= 4 is 29.5 Å². The van der Waals surface area contributed by atoms with Crippen LogP contribution in [0.15, 0.2) is 64.2 Å². The number of benzene rings is 1. The number of para-hydroxylation sites is 1. The molecule has 14 heteroatoms. The summed E-state index contributed by atoms with van der Waals surface area (Å²) in [6.07, 6.45) is 8.57. The van der Waals surface area contributed by atoms with Crippen LogP contribution in [0.5, 0.6) is 0 Å². The Morgan fingerprint density at radius 2 is 1.78 bits per heavy atom. The van der Waals surface area contributed by atoms with E-state index in [0.717, 1.165) is 85.4 Å². The first-order valence-corrected chi connectivity index (χ1v) is 17.6. The van der Waals surface area contributed by atoms with Gasteiger partial charge in [-0.3, -0.25) is 24.0 Å². The van der Waals surface area contributed by atoms with E-state index in [0.29, 0.717) is 18.0 Å². The Hall–Kier alpha value is -5.08. The van der Waals surface area contributed by atoms with Crippen LogP contribution in [0.25, 0.3) is 11.1 Å². The summed E-state index contributed by atoms with van der Waals surface area (Å²) >= 11 is 0. The molecule has 14 nitrogen and oxygen atoms in total. The van der Waals surface area contributed by atoms with Crippen LogP contribution in [0.4, 0.5) is 11.4 Å². The maximum absolute atomic E-state index is 13.1. The van der Waals surface area contributed by atoms with Gasteiger partial charge in [0.15, 0.2) is 12.0 Å². The molecule has 3 fully saturated rings. The highest BCUT2D eigenvalue weighted by Crippen LogP contribution is 2.49. The Labute approximate surface area is 298 Å². The number of likely N-dealkylation sites (tertiary alicyclic amines) is 1. The number of hydrogen-bond acceptors (Lipinski definition) is 11. The maximum atomic E-state index is 13.1. The molecule has 1 aromatic carbocycles. The molecule has 0 radical (unpaired) electrons. The summed E-state index contributed by atoms with van der Waals surface area (Å²) in [6.45, 7) is 4.45. The van der Waals surface area contributed by atoms with Crippen LogP contribution in [0, 0.1) is 5.92 Å². The fourth-order valence-corrected chi connectivity index (χ4v) is 6.56. The maximum Gasteiger partial charge on any atom is 0.269 e. The average Bonchev–Trinajstić information content (AvgIpc) is 4.00. The van der Waals surface area contributed by atoms with Gasteiger partial charge in [-0.1, -0.05) is 19.1 Å². The first-order chi connectivity index (χ1) is 24.5.